The highest BCUT2D eigenvalue weighted by Gasteiger charge is 2.31. The van der Waals surface area contributed by atoms with Gasteiger partial charge in [0.25, 0.3) is 0 Å². The van der Waals surface area contributed by atoms with E-state index in [-0.39, 0.29) is 24.1 Å². The van der Waals surface area contributed by atoms with Crippen LogP contribution in [-0.2, 0) is 27.8 Å². The Morgan fingerprint density at radius 2 is 1.93 bits per heavy atom. The fraction of sp³-hybridized carbons (Fsp3) is 0.429. The number of hydrogen-bond acceptors (Lipinski definition) is 4. The fourth-order valence-corrected chi connectivity index (χ4v) is 5.06. The van der Waals surface area contributed by atoms with E-state index >= 15 is 0 Å². The molecule has 0 spiro atoms. The Balaban J connectivity index is 1.49. The van der Waals surface area contributed by atoms with Crippen LogP contribution in [0.2, 0.25) is 0 Å². The van der Waals surface area contributed by atoms with Crippen LogP contribution in [-0.4, -0.2) is 42.5 Å². The van der Waals surface area contributed by atoms with Crippen LogP contribution in [0.1, 0.15) is 30.4 Å². The van der Waals surface area contributed by atoms with Crippen LogP contribution in [0, 0.1) is 5.92 Å². The van der Waals surface area contributed by atoms with E-state index in [1.54, 1.807) is 12.4 Å². The molecular formula is C21H27N3O3S. The molecule has 2 heterocycles. The molecule has 7 heteroatoms. The van der Waals surface area contributed by atoms with Crippen molar-refractivity contribution in [2.24, 2.45) is 5.92 Å². The van der Waals surface area contributed by atoms with E-state index in [1.165, 1.54) is 4.31 Å². The molecule has 3 rings (SSSR count). The van der Waals surface area contributed by atoms with Crippen LogP contribution >= 0.6 is 0 Å². The van der Waals surface area contributed by atoms with Gasteiger partial charge >= 0.3 is 0 Å². The predicted octanol–water partition coefficient (Wildman–Crippen LogP) is 2.37. The Labute approximate surface area is 167 Å². The largest absolute Gasteiger partial charge is 0.352 e. The number of nitrogens with one attached hydrogen (secondary N) is 1. The molecule has 0 saturated carbocycles. The van der Waals surface area contributed by atoms with Crippen molar-refractivity contribution in [3.05, 3.63) is 66.0 Å². The third kappa shape index (κ3) is 5.87. The fourth-order valence-electron chi connectivity index (χ4n) is 3.48. The van der Waals surface area contributed by atoms with E-state index < -0.39 is 10.0 Å². The molecule has 150 valence electrons. The standard InChI is InChI=1S/C21H27N3O3S/c25-21(23-16-19-9-4-12-22-15-19)20-11-5-13-24(17-20)28(26,27)14-6-10-18-7-2-1-3-8-18/h1-4,7-9,12,15,20H,5-6,10-11,13-14,16-17H2,(H,23,25)/t20-/m1/s1. The van der Waals surface area contributed by atoms with Gasteiger partial charge in [-0.15, -0.1) is 0 Å². The summed E-state index contributed by atoms with van der Waals surface area (Å²) in [6.07, 6.45) is 6.15. The Hall–Kier alpha value is -2.25. The van der Waals surface area contributed by atoms with Gasteiger partial charge in [0.05, 0.1) is 11.7 Å². The minimum Gasteiger partial charge on any atom is -0.352 e. The van der Waals surface area contributed by atoms with Crippen molar-refractivity contribution in [2.75, 3.05) is 18.8 Å². The van der Waals surface area contributed by atoms with Crippen molar-refractivity contribution in [1.82, 2.24) is 14.6 Å². The first-order valence-corrected chi connectivity index (χ1v) is 11.3. The first-order valence-electron chi connectivity index (χ1n) is 9.73. The van der Waals surface area contributed by atoms with Gasteiger partial charge in [-0.3, -0.25) is 9.78 Å². The van der Waals surface area contributed by atoms with E-state index in [4.69, 9.17) is 0 Å². The second kappa shape index (κ2) is 9.80. The number of nitrogens with zero attached hydrogens (tertiary/aromatic N) is 2. The molecule has 1 aromatic carbocycles. The summed E-state index contributed by atoms with van der Waals surface area (Å²) in [6.45, 7) is 1.18. The first-order chi connectivity index (χ1) is 13.5. The van der Waals surface area contributed by atoms with Crippen molar-refractivity contribution in [1.29, 1.82) is 0 Å². The monoisotopic (exact) mass is 401 g/mol. The summed E-state index contributed by atoms with van der Waals surface area (Å²) in [7, 11) is -3.34. The second-order valence-electron chi connectivity index (χ2n) is 7.18. The summed E-state index contributed by atoms with van der Waals surface area (Å²) in [5, 5.41) is 2.90. The lowest BCUT2D eigenvalue weighted by molar-refractivity contribution is -0.126. The molecule has 1 aliphatic rings. The van der Waals surface area contributed by atoms with Gasteiger partial charge in [-0.05, 0) is 42.9 Å². The third-order valence-electron chi connectivity index (χ3n) is 5.05. The maximum Gasteiger partial charge on any atom is 0.224 e. The summed E-state index contributed by atoms with van der Waals surface area (Å²) < 4.78 is 26.9. The van der Waals surface area contributed by atoms with Crippen LogP contribution in [0.4, 0.5) is 0 Å². The number of carbonyl (C=O) groups excluding carboxylic acids is 1. The van der Waals surface area contributed by atoms with Gasteiger partial charge in [0, 0.05) is 32.0 Å². The number of aromatic nitrogens is 1. The number of aryl methyl sites for hydroxylation is 1. The molecule has 0 radical (unpaired) electrons. The molecule has 1 aliphatic heterocycles. The molecule has 0 unspecified atom stereocenters. The van der Waals surface area contributed by atoms with Gasteiger partial charge in [0.2, 0.25) is 15.9 Å². The summed E-state index contributed by atoms with van der Waals surface area (Å²) in [5.74, 6) is -0.270. The average molecular weight is 402 g/mol. The number of pyridine rings is 1. The Morgan fingerprint density at radius 1 is 1.14 bits per heavy atom. The zero-order chi connectivity index (χ0) is 19.8. The van der Waals surface area contributed by atoms with Crippen molar-refractivity contribution in [3.8, 4) is 0 Å². The molecule has 1 N–H and O–H groups in total. The molecule has 1 amide bonds. The van der Waals surface area contributed by atoms with Crippen molar-refractivity contribution >= 4 is 15.9 Å². The number of piperidine rings is 1. The molecule has 1 saturated heterocycles. The van der Waals surface area contributed by atoms with E-state index in [0.717, 1.165) is 24.0 Å². The molecule has 0 bridgehead atoms. The highest BCUT2D eigenvalue weighted by molar-refractivity contribution is 7.89. The van der Waals surface area contributed by atoms with Crippen molar-refractivity contribution in [3.63, 3.8) is 0 Å². The van der Waals surface area contributed by atoms with Crippen LogP contribution in [0.3, 0.4) is 0 Å². The average Bonchev–Trinajstić information content (AvgIpc) is 2.73. The second-order valence-corrected chi connectivity index (χ2v) is 9.27. The van der Waals surface area contributed by atoms with Gasteiger partial charge in [-0.1, -0.05) is 36.4 Å². The van der Waals surface area contributed by atoms with Crippen LogP contribution < -0.4 is 5.32 Å². The maximum atomic E-state index is 12.7. The lowest BCUT2D eigenvalue weighted by Gasteiger charge is -2.31. The van der Waals surface area contributed by atoms with Gasteiger partial charge in [0.1, 0.15) is 0 Å². The number of hydrogen-bond donors (Lipinski definition) is 1. The minimum atomic E-state index is -3.34. The van der Waals surface area contributed by atoms with Gasteiger partial charge in [-0.2, -0.15) is 0 Å². The molecular weight excluding hydrogens is 374 g/mol. The SMILES string of the molecule is O=C(NCc1cccnc1)[C@@H]1CCCN(S(=O)(=O)CCCc2ccccc2)C1. The normalized spacial score (nSPS) is 17.9. The van der Waals surface area contributed by atoms with Crippen LogP contribution in [0.25, 0.3) is 0 Å². The highest BCUT2D eigenvalue weighted by atomic mass is 32.2. The third-order valence-corrected chi connectivity index (χ3v) is 6.97. The summed E-state index contributed by atoms with van der Waals surface area (Å²) in [6, 6.07) is 13.6. The molecule has 1 fully saturated rings. The number of amides is 1. The molecule has 1 aromatic heterocycles. The molecule has 2 aromatic rings. The number of rotatable bonds is 8. The van der Waals surface area contributed by atoms with Crippen molar-refractivity contribution in [2.45, 2.75) is 32.2 Å². The lowest BCUT2D eigenvalue weighted by Crippen LogP contribution is -2.46. The van der Waals surface area contributed by atoms with Crippen LogP contribution in [0.5, 0.6) is 0 Å². The van der Waals surface area contributed by atoms with Gasteiger partial charge in [-0.25, -0.2) is 12.7 Å². The zero-order valence-electron chi connectivity index (χ0n) is 16.0. The Kier molecular flexibility index (Phi) is 7.17. The minimum absolute atomic E-state index is 0.0898. The Morgan fingerprint density at radius 3 is 2.68 bits per heavy atom. The number of sulfonamides is 1. The number of carbonyl (C=O) groups is 1. The molecule has 0 aliphatic carbocycles. The lowest BCUT2D eigenvalue weighted by atomic mass is 9.99. The quantitative estimate of drug-likeness (QED) is 0.737. The first kappa shape index (κ1) is 20.5. The van der Waals surface area contributed by atoms with Crippen LogP contribution in [0.15, 0.2) is 54.9 Å². The van der Waals surface area contributed by atoms with E-state index in [2.05, 4.69) is 10.3 Å². The number of benzene rings is 1. The molecule has 6 nitrogen and oxygen atoms in total. The predicted molar refractivity (Wildman–Crippen MR) is 109 cm³/mol. The smallest absolute Gasteiger partial charge is 0.224 e. The molecule has 1 atom stereocenters. The highest BCUT2D eigenvalue weighted by Crippen LogP contribution is 2.20. The van der Waals surface area contributed by atoms with Crippen molar-refractivity contribution < 1.29 is 13.2 Å². The van der Waals surface area contributed by atoms with E-state index in [0.29, 0.717) is 25.9 Å². The Bertz CT molecular complexity index is 857. The summed E-state index contributed by atoms with van der Waals surface area (Å²) in [5.41, 5.74) is 2.07. The summed E-state index contributed by atoms with van der Waals surface area (Å²) >= 11 is 0. The van der Waals surface area contributed by atoms with Gasteiger partial charge < -0.3 is 5.32 Å². The topological polar surface area (TPSA) is 79.4 Å². The molecule has 28 heavy (non-hydrogen) atoms. The van der Waals surface area contributed by atoms with Gasteiger partial charge in [0.15, 0.2) is 0 Å². The maximum absolute atomic E-state index is 12.7. The summed E-state index contributed by atoms with van der Waals surface area (Å²) in [4.78, 5) is 16.5. The van der Waals surface area contributed by atoms with E-state index in [1.807, 2.05) is 42.5 Å². The van der Waals surface area contributed by atoms with E-state index in [9.17, 15) is 13.2 Å². The zero-order valence-corrected chi connectivity index (χ0v) is 16.8.